The number of carbonyl (C=O) groups is 1. The molecule has 26 heavy (non-hydrogen) atoms. The van der Waals surface area contributed by atoms with Crippen LogP contribution in [0.3, 0.4) is 0 Å². The molecule has 3 heterocycles. The van der Waals surface area contributed by atoms with E-state index in [2.05, 4.69) is 18.9 Å². The summed E-state index contributed by atoms with van der Waals surface area (Å²) >= 11 is 0. The van der Waals surface area contributed by atoms with E-state index in [0.29, 0.717) is 24.2 Å². The minimum atomic E-state index is -0.255. The summed E-state index contributed by atoms with van der Waals surface area (Å²) in [5.74, 6) is 1.55. The molecule has 1 aromatic carbocycles. The van der Waals surface area contributed by atoms with Crippen LogP contribution in [0.15, 0.2) is 29.1 Å². The fourth-order valence-corrected chi connectivity index (χ4v) is 4.28. The van der Waals surface area contributed by atoms with Crippen molar-refractivity contribution in [1.29, 1.82) is 0 Å². The molecular weight excluding hydrogens is 330 g/mol. The van der Waals surface area contributed by atoms with E-state index in [-0.39, 0.29) is 18.1 Å². The highest BCUT2D eigenvalue weighted by Gasteiger charge is 2.26. The molecule has 1 amide bonds. The summed E-state index contributed by atoms with van der Waals surface area (Å²) in [5.41, 5.74) is 1.55. The van der Waals surface area contributed by atoms with Gasteiger partial charge in [-0.1, -0.05) is 26.0 Å². The van der Waals surface area contributed by atoms with Gasteiger partial charge in [-0.15, -0.1) is 5.10 Å². The van der Waals surface area contributed by atoms with Crippen LogP contribution in [0.1, 0.15) is 27.2 Å². The predicted octanol–water partition coefficient (Wildman–Crippen LogP) is 1.98. The van der Waals surface area contributed by atoms with Crippen molar-refractivity contribution in [3.05, 3.63) is 34.7 Å². The number of hydrogen-bond donors (Lipinski definition) is 0. The monoisotopic (exact) mass is 355 g/mol. The van der Waals surface area contributed by atoms with Gasteiger partial charge in [0.2, 0.25) is 11.7 Å². The van der Waals surface area contributed by atoms with E-state index < -0.39 is 0 Å². The molecule has 3 aromatic rings. The molecule has 0 aliphatic carbocycles. The summed E-state index contributed by atoms with van der Waals surface area (Å²) in [7, 11) is 0. The number of piperidine rings is 1. The van der Waals surface area contributed by atoms with Gasteiger partial charge in [0.1, 0.15) is 6.54 Å². The van der Waals surface area contributed by atoms with E-state index in [4.69, 9.17) is 0 Å². The first-order chi connectivity index (χ1) is 12.5. The van der Waals surface area contributed by atoms with Crippen LogP contribution in [-0.2, 0) is 17.9 Å². The zero-order valence-electron chi connectivity index (χ0n) is 15.6. The lowest BCUT2D eigenvalue weighted by Crippen LogP contribution is -2.45. The van der Waals surface area contributed by atoms with E-state index in [1.165, 1.54) is 4.68 Å². The van der Waals surface area contributed by atoms with E-state index in [0.717, 1.165) is 30.5 Å². The van der Waals surface area contributed by atoms with E-state index >= 15 is 0 Å². The summed E-state index contributed by atoms with van der Waals surface area (Å²) in [4.78, 5) is 27.5. The van der Waals surface area contributed by atoms with Gasteiger partial charge < -0.3 is 9.47 Å². The number of fused-ring (bicyclic) bond motifs is 3. The minimum Gasteiger partial charge on any atom is -0.341 e. The van der Waals surface area contributed by atoms with Crippen molar-refractivity contribution in [3.8, 4) is 0 Å². The van der Waals surface area contributed by atoms with Crippen molar-refractivity contribution >= 4 is 22.7 Å². The van der Waals surface area contributed by atoms with Crippen LogP contribution in [-0.4, -0.2) is 42.6 Å². The maximum absolute atomic E-state index is 12.9. The Morgan fingerprint density at radius 1 is 1.15 bits per heavy atom. The van der Waals surface area contributed by atoms with Gasteiger partial charge in [0.15, 0.2) is 0 Å². The normalized spacial score (nSPS) is 21.0. The molecule has 138 valence electrons. The van der Waals surface area contributed by atoms with Gasteiger partial charge in [0.05, 0.1) is 11.0 Å². The maximum Gasteiger partial charge on any atom is 0.352 e. The van der Waals surface area contributed by atoms with E-state index in [9.17, 15) is 9.59 Å². The first-order valence-corrected chi connectivity index (χ1v) is 9.34. The second-order valence-corrected chi connectivity index (χ2v) is 7.55. The number of carbonyl (C=O) groups excluding carboxylic acids is 1. The molecule has 1 fully saturated rings. The number of likely N-dealkylation sites (tertiary alicyclic amines) is 1. The van der Waals surface area contributed by atoms with Crippen LogP contribution in [0.4, 0.5) is 0 Å². The van der Waals surface area contributed by atoms with Crippen LogP contribution in [0.5, 0.6) is 0 Å². The number of nitrogens with zero attached hydrogens (tertiary/aromatic N) is 5. The number of amides is 1. The van der Waals surface area contributed by atoms with Crippen LogP contribution in [0.25, 0.3) is 16.8 Å². The minimum absolute atomic E-state index is 0.00199. The number of rotatable bonds is 3. The topological polar surface area (TPSA) is 64.5 Å². The molecule has 1 aliphatic heterocycles. The average molecular weight is 355 g/mol. The van der Waals surface area contributed by atoms with Gasteiger partial charge in [-0.25, -0.2) is 13.9 Å². The second kappa shape index (κ2) is 6.30. The molecule has 0 N–H and O–H groups in total. The van der Waals surface area contributed by atoms with Crippen molar-refractivity contribution in [2.75, 3.05) is 13.1 Å². The van der Waals surface area contributed by atoms with Gasteiger partial charge in [-0.2, -0.15) is 0 Å². The highest BCUT2D eigenvalue weighted by Crippen LogP contribution is 2.21. The molecule has 2 aromatic heterocycles. The number of para-hydroxylation sites is 2. The number of benzene rings is 1. The Balaban J connectivity index is 1.71. The standard InChI is InChI=1S/C19H25N5O2/c1-4-22-15-7-5-6-8-16(15)24-18(22)20-23(19(24)26)12-17(25)21-10-13(2)9-14(3)11-21/h5-8,13-14H,4,9-12H2,1-3H3/t13-,14-/m0/s1. The molecule has 0 spiro atoms. The smallest absolute Gasteiger partial charge is 0.341 e. The molecule has 0 saturated carbocycles. The van der Waals surface area contributed by atoms with Gasteiger partial charge in [0, 0.05) is 19.6 Å². The SMILES string of the molecule is CCn1c2ccccc2n2c(=O)n(CC(=O)N3C[C@@H](C)C[C@H](C)C3)nc12. The zero-order valence-corrected chi connectivity index (χ0v) is 15.6. The van der Waals surface area contributed by atoms with Gasteiger partial charge in [-0.05, 0) is 37.3 Å². The van der Waals surface area contributed by atoms with E-state index in [1.54, 1.807) is 4.40 Å². The van der Waals surface area contributed by atoms with Crippen molar-refractivity contribution in [1.82, 2.24) is 23.6 Å². The van der Waals surface area contributed by atoms with Crippen LogP contribution < -0.4 is 5.69 Å². The quantitative estimate of drug-likeness (QED) is 0.722. The van der Waals surface area contributed by atoms with Crippen molar-refractivity contribution in [2.24, 2.45) is 11.8 Å². The Bertz CT molecular complexity index is 1020. The van der Waals surface area contributed by atoms with Crippen LogP contribution >= 0.6 is 0 Å². The molecule has 1 saturated heterocycles. The average Bonchev–Trinajstić information content (AvgIpc) is 3.08. The number of imidazole rings is 1. The fourth-order valence-electron chi connectivity index (χ4n) is 4.28. The van der Waals surface area contributed by atoms with E-state index in [1.807, 2.05) is 40.7 Å². The maximum atomic E-state index is 12.9. The largest absolute Gasteiger partial charge is 0.352 e. The molecular formula is C19H25N5O2. The third-order valence-electron chi connectivity index (χ3n) is 5.30. The number of hydrogen-bond acceptors (Lipinski definition) is 3. The van der Waals surface area contributed by atoms with Crippen molar-refractivity contribution in [3.63, 3.8) is 0 Å². The van der Waals surface area contributed by atoms with Crippen molar-refractivity contribution < 1.29 is 4.79 Å². The van der Waals surface area contributed by atoms with Gasteiger partial charge in [-0.3, -0.25) is 4.79 Å². The fraction of sp³-hybridized carbons (Fsp3) is 0.526. The Hall–Kier alpha value is -2.57. The number of aromatic nitrogens is 4. The third-order valence-corrected chi connectivity index (χ3v) is 5.30. The molecule has 7 nitrogen and oxygen atoms in total. The summed E-state index contributed by atoms with van der Waals surface area (Å²) in [6.45, 7) is 8.59. The first kappa shape index (κ1) is 16.9. The second-order valence-electron chi connectivity index (χ2n) is 7.55. The van der Waals surface area contributed by atoms with Crippen molar-refractivity contribution in [2.45, 2.75) is 40.3 Å². The lowest BCUT2D eigenvalue weighted by molar-refractivity contribution is -0.134. The third kappa shape index (κ3) is 2.62. The highest BCUT2D eigenvalue weighted by molar-refractivity contribution is 5.81. The molecule has 1 aliphatic rings. The lowest BCUT2D eigenvalue weighted by Gasteiger charge is -2.34. The van der Waals surface area contributed by atoms with Gasteiger partial charge >= 0.3 is 5.69 Å². The van der Waals surface area contributed by atoms with Crippen LogP contribution in [0.2, 0.25) is 0 Å². The molecule has 0 bridgehead atoms. The molecule has 2 atom stereocenters. The molecule has 4 rings (SSSR count). The Kier molecular flexibility index (Phi) is 4.09. The zero-order chi connectivity index (χ0) is 18.4. The Morgan fingerprint density at radius 2 is 1.81 bits per heavy atom. The summed E-state index contributed by atoms with van der Waals surface area (Å²) in [6, 6.07) is 7.76. The molecule has 0 radical (unpaired) electrons. The highest BCUT2D eigenvalue weighted by atomic mass is 16.2. The summed E-state index contributed by atoms with van der Waals surface area (Å²) in [6.07, 6.45) is 1.14. The molecule has 7 heteroatoms. The molecule has 0 unspecified atom stereocenters. The number of aryl methyl sites for hydroxylation is 1. The Morgan fingerprint density at radius 3 is 2.46 bits per heavy atom. The predicted molar refractivity (Wildman–Crippen MR) is 100 cm³/mol. The summed E-state index contributed by atoms with van der Waals surface area (Å²) < 4.78 is 4.91. The lowest BCUT2D eigenvalue weighted by atomic mass is 9.92. The first-order valence-electron chi connectivity index (χ1n) is 9.34. The van der Waals surface area contributed by atoms with Crippen LogP contribution in [0, 0.1) is 11.8 Å². The summed E-state index contributed by atoms with van der Waals surface area (Å²) in [5, 5.41) is 4.48. The Labute approximate surface area is 151 Å². The van der Waals surface area contributed by atoms with Gasteiger partial charge in [0.25, 0.3) is 0 Å².